The summed E-state index contributed by atoms with van der Waals surface area (Å²) in [5.74, 6) is 0.955. The lowest BCUT2D eigenvalue weighted by Gasteiger charge is -2.36. The molecule has 3 aromatic rings. The molecule has 0 spiro atoms. The lowest BCUT2D eigenvalue weighted by molar-refractivity contribution is -0.143. The Balaban J connectivity index is 1.60. The molecule has 2 aromatic heterocycles. The van der Waals surface area contributed by atoms with Crippen molar-refractivity contribution in [1.29, 1.82) is 0 Å². The van der Waals surface area contributed by atoms with Crippen LogP contribution in [0.3, 0.4) is 0 Å². The topological polar surface area (TPSA) is 110 Å². The van der Waals surface area contributed by atoms with Crippen molar-refractivity contribution in [2.75, 3.05) is 37.7 Å². The van der Waals surface area contributed by atoms with E-state index in [2.05, 4.69) is 20.0 Å². The fourth-order valence-corrected chi connectivity index (χ4v) is 6.09. The van der Waals surface area contributed by atoms with Gasteiger partial charge in [-0.15, -0.1) is 0 Å². The average Bonchev–Trinajstić information content (AvgIpc) is 3.27. The molecule has 34 heavy (non-hydrogen) atoms. The molecular formula is C22H27ClN6O4S. The monoisotopic (exact) mass is 506 g/mol. The fourth-order valence-electron chi connectivity index (χ4n) is 4.19. The highest BCUT2D eigenvalue weighted by atomic mass is 35.5. The second kappa shape index (κ2) is 9.85. The SMILES string of the molecule is CCOC(=O)CCc1c(C)nc2ncnn2c1N1CCN(S(=O)(=O)c2cccc(Cl)c2C)CC1. The fraction of sp³-hybridized carbons (Fsp3) is 0.455. The Morgan fingerprint density at radius 1 is 1.18 bits per heavy atom. The number of halogens is 1. The summed E-state index contributed by atoms with van der Waals surface area (Å²) >= 11 is 6.16. The molecule has 4 rings (SSSR count). The summed E-state index contributed by atoms with van der Waals surface area (Å²) in [6.45, 7) is 7.17. The highest BCUT2D eigenvalue weighted by Gasteiger charge is 2.32. The molecule has 1 aliphatic rings. The molecule has 0 N–H and O–H groups in total. The van der Waals surface area contributed by atoms with Crippen LogP contribution in [0.2, 0.25) is 5.02 Å². The third-order valence-corrected chi connectivity index (χ3v) is 8.42. The molecule has 0 aliphatic carbocycles. The number of carbonyl (C=O) groups is 1. The van der Waals surface area contributed by atoms with Gasteiger partial charge in [0.15, 0.2) is 0 Å². The summed E-state index contributed by atoms with van der Waals surface area (Å²) in [5.41, 5.74) is 2.17. The summed E-state index contributed by atoms with van der Waals surface area (Å²) in [7, 11) is -3.68. The number of sulfonamides is 1. The summed E-state index contributed by atoms with van der Waals surface area (Å²) in [6, 6.07) is 4.91. The maximum Gasteiger partial charge on any atom is 0.306 e. The number of ether oxygens (including phenoxy) is 1. The predicted molar refractivity (Wildman–Crippen MR) is 128 cm³/mol. The predicted octanol–water partition coefficient (Wildman–Crippen LogP) is 2.40. The minimum absolute atomic E-state index is 0.214. The Bertz CT molecular complexity index is 1320. The van der Waals surface area contributed by atoms with E-state index < -0.39 is 10.0 Å². The van der Waals surface area contributed by atoms with E-state index in [0.29, 0.717) is 55.6 Å². The molecule has 0 unspecified atom stereocenters. The van der Waals surface area contributed by atoms with Crippen molar-refractivity contribution < 1.29 is 17.9 Å². The van der Waals surface area contributed by atoms with E-state index in [0.717, 1.165) is 17.1 Å². The first-order valence-corrected chi connectivity index (χ1v) is 12.9. The molecular weight excluding hydrogens is 480 g/mol. The highest BCUT2D eigenvalue weighted by molar-refractivity contribution is 7.89. The maximum atomic E-state index is 13.3. The molecule has 3 heterocycles. The number of carbonyl (C=O) groups excluding carboxylic acids is 1. The minimum Gasteiger partial charge on any atom is -0.466 e. The lowest BCUT2D eigenvalue weighted by Crippen LogP contribution is -2.49. The highest BCUT2D eigenvalue weighted by Crippen LogP contribution is 2.29. The van der Waals surface area contributed by atoms with Gasteiger partial charge in [0, 0.05) is 48.9 Å². The first-order valence-electron chi connectivity index (χ1n) is 11.1. The molecule has 0 amide bonds. The molecule has 0 saturated carbocycles. The summed E-state index contributed by atoms with van der Waals surface area (Å²) < 4.78 is 34.8. The zero-order valence-corrected chi connectivity index (χ0v) is 20.9. The number of esters is 1. The third kappa shape index (κ3) is 4.59. The van der Waals surface area contributed by atoms with E-state index in [4.69, 9.17) is 16.3 Å². The standard InChI is InChI=1S/C22H27ClN6O4S/c1-4-33-20(30)9-8-17-16(3)26-22-24-14-25-29(22)21(17)27-10-12-28(13-11-27)34(31,32)19-7-5-6-18(23)15(19)2/h5-7,14H,4,8-13H2,1-3H3. The molecule has 0 radical (unpaired) electrons. The van der Waals surface area contributed by atoms with Gasteiger partial charge in [-0.1, -0.05) is 17.7 Å². The van der Waals surface area contributed by atoms with Crippen molar-refractivity contribution in [3.05, 3.63) is 46.4 Å². The number of nitrogens with zero attached hydrogens (tertiary/aromatic N) is 6. The number of aromatic nitrogens is 4. The smallest absolute Gasteiger partial charge is 0.306 e. The Morgan fingerprint density at radius 2 is 1.91 bits per heavy atom. The zero-order chi connectivity index (χ0) is 24.5. The van der Waals surface area contributed by atoms with Gasteiger partial charge in [-0.3, -0.25) is 4.79 Å². The van der Waals surface area contributed by atoms with Crippen LogP contribution in [0.4, 0.5) is 5.82 Å². The van der Waals surface area contributed by atoms with Crippen LogP contribution in [0, 0.1) is 13.8 Å². The van der Waals surface area contributed by atoms with E-state index in [1.807, 2.05) is 6.92 Å². The quantitative estimate of drug-likeness (QED) is 0.449. The van der Waals surface area contributed by atoms with Crippen LogP contribution in [0.5, 0.6) is 0 Å². The largest absolute Gasteiger partial charge is 0.466 e. The van der Waals surface area contributed by atoms with Gasteiger partial charge in [-0.25, -0.2) is 13.4 Å². The first-order chi connectivity index (χ1) is 16.2. The van der Waals surface area contributed by atoms with Crippen molar-refractivity contribution in [2.24, 2.45) is 0 Å². The van der Waals surface area contributed by atoms with Crippen LogP contribution >= 0.6 is 11.6 Å². The number of rotatable bonds is 7. The van der Waals surface area contributed by atoms with Gasteiger partial charge >= 0.3 is 5.97 Å². The average molecular weight is 507 g/mol. The number of aryl methyl sites for hydroxylation is 1. The van der Waals surface area contributed by atoms with Gasteiger partial charge in [0.2, 0.25) is 10.0 Å². The van der Waals surface area contributed by atoms with Gasteiger partial charge < -0.3 is 9.64 Å². The molecule has 1 fully saturated rings. The van der Waals surface area contributed by atoms with Crippen molar-refractivity contribution in [2.45, 2.75) is 38.5 Å². The summed E-state index contributed by atoms with van der Waals surface area (Å²) in [6.07, 6.45) is 2.08. The molecule has 12 heteroatoms. The van der Waals surface area contributed by atoms with Gasteiger partial charge in [-0.2, -0.15) is 18.9 Å². The molecule has 1 aliphatic heterocycles. The van der Waals surface area contributed by atoms with Crippen LogP contribution in [0.1, 0.15) is 30.2 Å². The maximum absolute atomic E-state index is 13.3. The first kappa shape index (κ1) is 24.4. The Hall–Kier alpha value is -2.76. The van der Waals surface area contributed by atoms with Crippen LogP contribution in [0.25, 0.3) is 5.78 Å². The number of anilines is 1. The lowest BCUT2D eigenvalue weighted by atomic mass is 10.1. The van der Waals surface area contributed by atoms with Crippen LogP contribution < -0.4 is 4.90 Å². The van der Waals surface area contributed by atoms with Crippen LogP contribution in [0.15, 0.2) is 29.4 Å². The molecule has 0 atom stereocenters. The summed E-state index contributed by atoms with van der Waals surface area (Å²) in [5, 5.41) is 4.76. The van der Waals surface area contributed by atoms with Crippen molar-refractivity contribution in [3.8, 4) is 0 Å². The van der Waals surface area contributed by atoms with Gasteiger partial charge in [0.25, 0.3) is 5.78 Å². The molecule has 1 aromatic carbocycles. The normalized spacial score (nSPS) is 15.1. The van der Waals surface area contributed by atoms with E-state index >= 15 is 0 Å². The van der Waals surface area contributed by atoms with E-state index in [-0.39, 0.29) is 17.3 Å². The zero-order valence-electron chi connectivity index (χ0n) is 19.4. The van der Waals surface area contributed by atoms with Crippen molar-refractivity contribution >= 4 is 39.2 Å². The Labute approximate surface area is 203 Å². The van der Waals surface area contributed by atoms with Crippen LogP contribution in [-0.2, 0) is 26.0 Å². The minimum atomic E-state index is -3.68. The third-order valence-electron chi connectivity index (χ3n) is 5.96. The van der Waals surface area contributed by atoms with E-state index in [1.54, 1.807) is 36.6 Å². The number of hydrogen-bond acceptors (Lipinski definition) is 8. The van der Waals surface area contributed by atoms with Gasteiger partial charge in [0.05, 0.1) is 11.5 Å². The number of benzene rings is 1. The number of fused-ring (bicyclic) bond motifs is 1. The van der Waals surface area contributed by atoms with Crippen LogP contribution in [-0.4, -0.2) is 71.1 Å². The van der Waals surface area contributed by atoms with Crippen molar-refractivity contribution in [1.82, 2.24) is 23.9 Å². The molecule has 182 valence electrons. The molecule has 10 nitrogen and oxygen atoms in total. The van der Waals surface area contributed by atoms with E-state index in [9.17, 15) is 13.2 Å². The second-order valence-corrected chi connectivity index (χ2v) is 10.3. The van der Waals surface area contributed by atoms with Gasteiger partial charge in [-0.05, 0) is 44.9 Å². The Morgan fingerprint density at radius 3 is 2.62 bits per heavy atom. The van der Waals surface area contributed by atoms with E-state index in [1.165, 1.54) is 10.6 Å². The second-order valence-electron chi connectivity index (χ2n) is 8.03. The Kier molecular flexibility index (Phi) is 7.06. The molecule has 1 saturated heterocycles. The number of hydrogen-bond donors (Lipinski definition) is 0. The number of piperazine rings is 1. The molecule has 0 bridgehead atoms. The van der Waals surface area contributed by atoms with Crippen molar-refractivity contribution in [3.63, 3.8) is 0 Å². The van der Waals surface area contributed by atoms with Gasteiger partial charge in [0.1, 0.15) is 12.1 Å². The summed E-state index contributed by atoms with van der Waals surface area (Å²) in [4.78, 5) is 23.0.